The normalized spacial score (nSPS) is 16.8. The maximum atomic E-state index is 13.4. The highest BCUT2D eigenvalue weighted by atomic mass is 19.1. The lowest BCUT2D eigenvalue weighted by Crippen LogP contribution is -3.12. The average Bonchev–Trinajstić information content (AvgIpc) is 2.99. The Morgan fingerprint density at radius 1 is 1.26 bits per heavy atom. The van der Waals surface area contributed by atoms with Gasteiger partial charge in [0.2, 0.25) is 5.91 Å². The van der Waals surface area contributed by atoms with Crippen molar-refractivity contribution in [2.45, 2.75) is 45.6 Å². The largest absolute Gasteiger partial charge is 0.338 e. The summed E-state index contributed by atoms with van der Waals surface area (Å²) >= 11 is 0. The summed E-state index contributed by atoms with van der Waals surface area (Å²) in [5.74, 6) is -0.485. The van der Waals surface area contributed by atoms with E-state index in [0.29, 0.717) is 18.8 Å². The minimum Gasteiger partial charge on any atom is -0.338 e. The quantitative estimate of drug-likeness (QED) is 0.537. The van der Waals surface area contributed by atoms with E-state index >= 15 is 0 Å². The molecule has 1 aromatic carbocycles. The van der Waals surface area contributed by atoms with Crippen LogP contribution in [-0.2, 0) is 4.79 Å². The van der Waals surface area contributed by atoms with Crippen molar-refractivity contribution in [1.82, 2.24) is 10.6 Å². The lowest BCUT2D eigenvalue weighted by atomic mass is 10.2. The Morgan fingerprint density at radius 3 is 2.67 bits per heavy atom. The molecule has 7 heteroatoms. The Morgan fingerprint density at radius 2 is 2.00 bits per heavy atom. The van der Waals surface area contributed by atoms with E-state index in [-0.39, 0.29) is 30.2 Å². The zero-order valence-electron chi connectivity index (χ0n) is 16.4. The molecular formula is C20H32FN4O2+. The van der Waals surface area contributed by atoms with Gasteiger partial charge < -0.3 is 20.4 Å². The summed E-state index contributed by atoms with van der Waals surface area (Å²) in [5, 5.41) is 5.72. The third kappa shape index (κ3) is 6.82. The molecule has 27 heavy (non-hydrogen) atoms. The van der Waals surface area contributed by atoms with Gasteiger partial charge in [0, 0.05) is 31.6 Å². The van der Waals surface area contributed by atoms with Crippen LogP contribution in [0.5, 0.6) is 0 Å². The summed E-state index contributed by atoms with van der Waals surface area (Å²) in [4.78, 5) is 27.3. The van der Waals surface area contributed by atoms with Gasteiger partial charge >= 0.3 is 6.03 Å². The second-order valence-corrected chi connectivity index (χ2v) is 7.14. The van der Waals surface area contributed by atoms with Crippen LogP contribution in [0.3, 0.4) is 0 Å². The Bertz CT molecular complexity index is 620. The molecule has 0 spiro atoms. The Labute approximate surface area is 161 Å². The fraction of sp³-hybridized carbons (Fsp3) is 0.600. The number of quaternary nitrogens is 1. The van der Waals surface area contributed by atoms with Crippen molar-refractivity contribution in [3.63, 3.8) is 0 Å². The highest BCUT2D eigenvalue weighted by Gasteiger charge is 2.31. The van der Waals surface area contributed by atoms with Gasteiger partial charge in [-0.3, -0.25) is 4.79 Å². The summed E-state index contributed by atoms with van der Waals surface area (Å²) in [6.07, 6.45) is 3.50. The molecule has 0 aliphatic carbocycles. The number of carbonyl (C=O) groups is 2. The highest BCUT2D eigenvalue weighted by molar-refractivity contribution is 5.96. The molecule has 0 aromatic heterocycles. The number of nitrogens with one attached hydrogen (secondary N) is 3. The van der Waals surface area contributed by atoms with Gasteiger partial charge in [-0.15, -0.1) is 0 Å². The minimum absolute atomic E-state index is 0.107. The van der Waals surface area contributed by atoms with Crippen LogP contribution in [0.4, 0.5) is 14.9 Å². The second kappa shape index (κ2) is 10.9. The number of amides is 3. The molecule has 1 saturated heterocycles. The van der Waals surface area contributed by atoms with Crippen LogP contribution in [0.25, 0.3) is 0 Å². The molecule has 1 heterocycles. The molecule has 3 amide bonds. The molecule has 3 N–H and O–H groups in total. The van der Waals surface area contributed by atoms with Crippen LogP contribution >= 0.6 is 0 Å². The number of hydrogen-bond acceptors (Lipinski definition) is 2. The molecule has 1 fully saturated rings. The zero-order chi connectivity index (χ0) is 19.6. The molecular weight excluding hydrogens is 347 g/mol. The van der Waals surface area contributed by atoms with Crippen molar-refractivity contribution in [3.05, 3.63) is 30.1 Å². The van der Waals surface area contributed by atoms with E-state index in [2.05, 4.69) is 24.5 Å². The zero-order valence-corrected chi connectivity index (χ0v) is 16.4. The van der Waals surface area contributed by atoms with Crippen molar-refractivity contribution < 1.29 is 18.9 Å². The van der Waals surface area contributed by atoms with Gasteiger partial charge in [-0.2, -0.15) is 0 Å². The van der Waals surface area contributed by atoms with Gasteiger partial charge in [0.15, 0.2) is 0 Å². The summed E-state index contributed by atoms with van der Waals surface area (Å²) in [5.41, 5.74) is 0.527. The molecule has 2 rings (SSSR count). The van der Waals surface area contributed by atoms with Crippen LogP contribution in [0, 0.1) is 5.82 Å². The topological polar surface area (TPSA) is 65.9 Å². The summed E-state index contributed by atoms with van der Waals surface area (Å²) < 4.78 is 13.4. The number of anilines is 1. The smallest absolute Gasteiger partial charge is 0.315 e. The number of rotatable bonds is 10. The van der Waals surface area contributed by atoms with Crippen molar-refractivity contribution in [2.75, 3.05) is 37.6 Å². The predicted octanol–water partition coefficient (Wildman–Crippen LogP) is 1.33. The number of halogens is 1. The lowest BCUT2D eigenvalue weighted by molar-refractivity contribution is -0.900. The van der Waals surface area contributed by atoms with Crippen molar-refractivity contribution in [2.24, 2.45) is 0 Å². The Hall–Kier alpha value is -2.15. The van der Waals surface area contributed by atoms with E-state index in [1.165, 1.54) is 43.0 Å². The first kappa shape index (κ1) is 21.2. The van der Waals surface area contributed by atoms with Gasteiger partial charge in [-0.1, -0.05) is 19.9 Å². The number of benzene rings is 1. The van der Waals surface area contributed by atoms with Gasteiger partial charge in [0.1, 0.15) is 5.82 Å². The fourth-order valence-corrected chi connectivity index (χ4v) is 3.56. The molecule has 1 aromatic rings. The van der Waals surface area contributed by atoms with Crippen LogP contribution in [0.1, 0.15) is 39.5 Å². The van der Waals surface area contributed by atoms with E-state index in [4.69, 9.17) is 0 Å². The van der Waals surface area contributed by atoms with Crippen molar-refractivity contribution in [1.29, 1.82) is 0 Å². The number of nitrogens with zero attached hydrogens (tertiary/aromatic N) is 1. The molecule has 1 aliphatic rings. The summed E-state index contributed by atoms with van der Waals surface area (Å²) in [6, 6.07) is 5.44. The minimum atomic E-state index is -0.378. The number of carbonyl (C=O) groups excluding carboxylic acids is 2. The average molecular weight is 380 g/mol. The van der Waals surface area contributed by atoms with Gasteiger partial charge in [-0.05, 0) is 31.0 Å². The molecule has 150 valence electrons. The standard InChI is InChI=1S/C20H31FN4O2/c1-3-10-24(11-4-2)12-6-9-22-20(27)23-17-14-19(26)25(15-17)18-8-5-7-16(21)13-18/h5,7-8,13,17H,3-4,6,9-12,14-15H2,1-2H3,(H2,22,23,27)/p+1/t17-/m0/s1. The van der Waals surface area contributed by atoms with E-state index in [0.717, 1.165) is 13.0 Å². The molecule has 1 aliphatic heterocycles. The van der Waals surface area contributed by atoms with Crippen LogP contribution in [0.15, 0.2) is 24.3 Å². The van der Waals surface area contributed by atoms with Crippen molar-refractivity contribution >= 4 is 17.6 Å². The van der Waals surface area contributed by atoms with E-state index in [1.54, 1.807) is 17.0 Å². The van der Waals surface area contributed by atoms with Crippen molar-refractivity contribution in [3.8, 4) is 0 Å². The fourth-order valence-electron chi connectivity index (χ4n) is 3.56. The first-order chi connectivity index (χ1) is 13.0. The Balaban J connectivity index is 1.71. The Kier molecular flexibility index (Phi) is 8.51. The highest BCUT2D eigenvalue weighted by Crippen LogP contribution is 2.22. The number of hydrogen-bond donors (Lipinski definition) is 3. The van der Waals surface area contributed by atoms with Gasteiger partial charge in [0.05, 0.1) is 25.7 Å². The molecule has 0 saturated carbocycles. The SMILES string of the molecule is CCC[NH+](CCC)CCCNC(=O)N[C@H]1CC(=O)N(c2cccc(F)c2)C1. The molecule has 1 atom stereocenters. The monoisotopic (exact) mass is 379 g/mol. The molecule has 0 radical (unpaired) electrons. The summed E-state index contributed by atoms with van der Waals surface area (Å²) in [7, 11) is 0. The molecule has 0 bridgehead atoms. The third-order valence-electron chi connectivity index (χ3n) is 4.78. The van der Waals surface area contributed by atoms with E-state index in [9.17, 15) is 14.0 Å². The van der Waals surface area contributed by atoms with Crippen LogP contribution in [-0.4, -0.2) is 50.7 Å². The first-order valence-corrected chi connectivity index (χ1v) is 9.97. The number of urea groups is 1. The maximum Gasteiger partial charge on any atom is 0.315 e. The first-order valence-electron chi connectivity index (χ1n) is 9.97. The summed E-state index contributed by atoms with van der Waals surface area (Å²) in [6.45, 7) is 8.75. The second-order valence-electron chi connectivity index (χ2n) is 7.14. The van der Waals surface area contributed by atoms with Crippen LogP contribution in [0.2, 0.25) is 0 Å². The van der Waals surface area contributed by atoms with Crippen LogP contribution < -0.4 is 20.4 Å². The third-order valence-corrected chi connectivity index (χ3v) is 4.78. The van der Waals surface area contributed by atoms with E-state index in [1.807, 2.05) is 0 Å². The molecule has 0 unspecified atom stereocenters. The maximum absolute atomic E-state index is 13.4. The molecule has 6 nitrogen and oxygen atoms in total. The predicted molar refractivity (Wildman–Crippen MR) is 104 cm³/mol. The lowest BCUT2D eigenvalue weighted by Gasteiger charge is -2.19. The van der Waals surface area contributed by atoms with Gasteiger partial charge in [0.25, 0.3) is 0 Å². The van der Waals surface area contributed by atoms with Gasteiger partial charge in [-0.25, -0.2) is 9.18 Å². The van der Waals surface area contributed by atoms with E-state index < -0.39 is 0 Å².